The molecule has 26 heavy (non-hydrogen) atoms. The summed E-state index contributed by atoms with van der Waals surface area (Å²) in [4.78, 5) is 36.5. The summed E-state index contributed by atoms with van der Waals surface area (Å²) in [6.07, 6.45) is 0.768. The smallest absolute Gasteiger partial charge is 0.307 e. The summed E-state index contributed by atoms with van der Waals surface area (Å²) in [7, 11) is 0. The van der Waals surface area contributed by atoms with E-state index in [0.717, 1.165) is 10.6 Å². The first kappa shape index (κ1) is 20.3. The second-order valence-corrected chi connectivity index (χ2v) is 7.32. The lowest BCUT2D eigenvalue weighted by Crippen LogP contribution is -2.33. The normalized spacial score (nSPS) is 16.0. The van der Waals surface area contributed by atoms with Crippen molar-refractivity contribution in [2.45, 2.75) is 42.9 Å². The summed E-state index contributed by atoms with van der Waals surface area (Å²) >= 11 is 1.32. The highest BCUT2D eigenvalue weighted by atomic mass is 32.2. The number of ether oxygens (including phenoxy) is 2. The van der Waals surface area contributed by atoms with Crippen LogP contribution in [0.1, 0.15) is 26.7 Å². The quantitative estimate of drug-likeness (QED) is 0.502. The summed E-state index contributed by atoms with van der Waals surface area (Å²) < 4.78 is 10.3. The van der Waals surface area contributed by atoms with Crippen molar-refractivity contribution in [3.8, 4) is 0 Å². The summed E-state index contributed by atoms with van der Waals surface area (Å²) in [5.74, 6) is -1.18. The highest BCUT2D eigenvalue weighted by molar-refractivity contribution is 8.01. The number of nitrogens with one attached hydrogen (secondary N) is 2. The number of amides is 2. The van der Waals surface area contributed by atoms with Crippen LogP contribution >= 0.6 is 11.8 Å². The summed E-state index contributed by atoms with van der Waals surface area (Å²) in [5.41, 5.74) is 0.743. The predicted octanol–water partition coefficient (Wildman–Crippen LogP) is 1.96. The van der Waals surface area contributed by atoms with Crippen LogP contribution in [-0.4, -0.2) is 48.9 Å². The Morgan fingerprint density at radius 1 is 1.31 bits per heavy atom. The Labute approximate surface area is 157 Å². The number of esters is 1. The Bertz CT molecular complexity index is 650. The molecular formula is C18H24N2O5S. The number of carbonyl (C=O) groups excluding carboxylic acids is 3. The number of rotatable bonds is 9. The molecule has 1 heterocycles. The van der Waals surface area contributed by atoms with Crippen LogP contribution in [0.15, 0.2) is 29.2 Å². The number of hydrogen-bond acceptors (Lipinski definition) is 6. The first-order valence-corrected chi connectivity index (χ1v) is 9.44. The molecule has 1 aliphatic heterocycles. The van der Waals surface area contributed by atoms with Crippen LogP contribution in [0.5, 0.6) is 0 Å². The Morgan fingerprint density at radius 3 is 2.85 bits per heavy atom. The maximum Gasteiger partial charge on any atom is 0.307 e. The maximum absolute atomic E-state index is 12.1. The van der Waals surface area contributed by atoms with Gasteiger partial charge in [-0.25, -0.2) is 0 Å². The van der Waals surface area contributed by atoms with E-state index in [1.807, 2.05) is 38.1 Å². The van der Waals surface area contributed by atoms with E-state index in [1.165, 1.54) is 11.8 Å². The molecule has 8 heteroatoms. The highest BCUT2D eigenvalue weighted by Gasteiger charge is 2.29. The zero-order valence-electron chi connectivity index (χ0n) is 14.9. The van der Waals surface area contributed by atoms with E-state index in [1.54, 1.807) is 0 Å². The Morgan fingerprint density at radius 2 is 2.08 bits per heavy atom. The molecule has 1 aromatic carbocycles. The van der Waals surface area contributed by atoms with E-state index in [2.05, 4.69) is 10.6 Å². The van der Waals surface area contributed by atoms with Gasteiger partial charge in [-0.15, -0.1) is 11.8 Å². The van der Waals surface area contributed by atoms with Crippen LogP contribution in [0.4, 0.5) is 5.69 Å². The fourth-order valence-corrected chi connectivity index (χ4v) is 3.35. The first-order chi connectivity index (χ1) is 12.5. The number of benzene rings is 1. The van der Waals surface area contributed by atoms with Crippen LogP contribution in [0, 0.1) is 0 Å². The molecule has 0 bridgehead atoms. The lowest BCUT2D eigenvalue weighted by Gasteiger charge is -2.23. The maximum atomic E-state index is 12.1. The van der Waals surface area contributed by atoms with Gasteiger partial charge in [-0.05, 0) is 32.4 Å². The minimum Gasteiger partial charge on any atom is -0.456 e. The molecule has 1 aromatic rings. The van der Waals surface area contributed by atoms with E-state index >= 15 is 0 Å². The van der Waals surface area contributed by atoms with Crippen molar-refractivity contribution >= 4 is 35.2 Å². The molecule has 2 amide bonds. The van der Waals surface area contributed by atoms with Crippen molar-refractivity contribution in [1.82, 2.24) is 5.32 Å². The molecule has 1 atom stereocenters. The van der Waals surface area contributed by atoms with Gasteiger partial charge in [0.25, 0.3) is 5.91 Å². The van der Waals surface area contributed by atoms with Gasteiger partial charge >= 0.3 is 5.97 Å². The molecule has 0 aliphatic carbocycles. The lowest BCUT2D eigenvalue weighted by molar-refractivity contribution is -0.149. The third-order valence-electron chi connectivity index (χ3n) is 3.52. The SMILES string of the molecule is CC(C)OCCCNC(=O)COC(=O)C[C@@H]1Sc2ccccc2NC1=O. The first-order valence-electron chi connectivity index (χ1n) is 8.56. The average molecular weight is 380 g/mol. The van der Waals surface area contributed by atoms with Crippen LogP contribution in [0.25, 0.3) is 0 Å². The minimum absolute atomic E-state index is 0.0830. The predicted molar refractivity (Wildman–Crippen MR) is 99.0 cm³/mol. The van der Waals surface area contributed by atoms with Gasteiger partial charge in [0.1, 0.15) is 0 Å². The van der Waals surface area contributed by atoms with E-state index in [-0.39, 0.29) is 30.9 Å². The molecule has 0 saturated carbocycles. The molecule has 142 valence electrons. The largest absolute Gasteiger partial charge is 0.456 e. The molecular weight excluding hydrogens is 356 g/mol. The Kier molecular flexibility index (Phi) is 7.93. The second-order valence-electron chi connectivity index (χ2n) is 6.08. The van der Waals surface area contributed by atoms with E-state index in [9.17, 15) is 14.4 Å². The van der Waals surface area contributed by atoms with Gasteiger partial charge < -0.3 is 20.1 Å². The fraction of sp³-hybridized carbons (Fsp3) is 0.500. The molecule has 2 N–H and O–H groups in total. The number of anilines is 1. The summed E-state index contributed by atoms with van der Waals surface area (Å²) in [5, 5.41) is 4.86. The van der Waals surface area contributed by atoms with E-state index in [0.29, 0.717) is 19.6 Å². The number of thioether (sulfide) groups is 1. The molecule has 0 spiro atoms. The van der Waals surface area contributed by atoms with Crippen molar-refractivity contribution < 1.29 is 23.9 Å². The van der Waals surface area contributed by atoms with Crippen molar-refractivity contribution in [1.29, 1.82) is 0 Å². The van der Waals surface area contributed by atoms with Gasteiger partial charge in [-0.3, -0.25) is 14.4 Å². The lowest BCUT2D eigenvalue weighted by atomic mass is 10.2. The monoisotopic (exact) mass is 380 g/mol. The Hall–Kier alpha value is -2.06. The number of hydrogen-bond donors (Lipinski definition) is 2. The van der Waals surface area contributed by atoms with Crippen LogP contribution < -0.4 is 10.6 Å². The molecule has 0 radical (unpaired) electrons. The number of carbonyl (C=O) groups is 3. The van der Waals surface area contributed by atoms with Crippen molar-refractivity contribution in [2.24, 2.45) is 0 Å². The molecule has 2 rings (SSSR count). The molecule has 0 unspecified atom stereocenters. The number of fused-ring (bicyclic) bond motifs is 1. The van der Waals surface area contributed by atoms with Crippen molar-refractivity contribution in [3.05, 3.63) is 24.3 Å². The molecule has 7 nitrogen and oxygen atoms in total. The number of para-hydroxylation sites is 1. The summed E-state index contributed by atoms with van der Waals surface area (Å²) in [6, 6.07) is 7.40. The van der Waals surface area contributed by atoms with E-state index < -0.39 is 11.2 Å². The Balaban J connectivity index is 1.66. The van der Waals surface area contributed by atoms with Gasteiger partial charge in [-0.1, -0.05) is 12.1 Å². The second kappa shape index (κ2) is 10.2. The topological polar surface area (TPSA) is 93.7 Å². The van der Waals surface area contributed by atoms with Crippen LogP contribution in [0.2, 0.25) is 0 Å². The molecule has 0 aromatic heterocycles. The zero-order chi connectivity index (χ0) is 18.9. The van der Waals surface area contributed by atoms with Gasteiger partial charge in [0.2, 0.25) is 5.91 Å². The van der Waals surface area contributed by atoms with Crippen molar-refractivity contribution in [2.75, 3.05) is 25.1 Å². The molecule has 1 aliphatic rings. The third-order valence-corrected chi connectivity index (χ3v) is 4.79. The van der Waals surface area contributed by atoms with Gasteiger partial charge in [-0.2, -0.15) is 0 Å². The van der Waals surface area contributed by atoms with Gasteiger partial charge in [0, 0.05) is 18.0 Å². The average Bonchev–Trinajstić information content (AvgIpc) is 2.60. The van der Waals surface area contributed by atoms with Crippen molar-refractivity contribution in [3.63, 3.8) is 0 Å². The van der Waals surface area contributed by atoms with Gasteiger partial charge in [0.15, 0.2) is 6.61 Å². The molecule has 0 fully saturated rings. The van der Waals surface area contributed by atoms with E-state index in [4.69, 9.17) is 9.47 Å². The summed E-state index contributed by atoms with van der Waals surface area (Å²) in [6.45, 7) is 4.57. The highest BCUT2D eigenvalue weighted by Crippen LogP contribution is 2.36. The zero-order valence-corrected chi connectivity index (χ0v) is 15.8. The minimum atomic E-state index is -0.574. The standard InChI is InChI=1S/C18H24N2O5S/c1-12(2)24-9-5-8-19-16(21)11-25-17(22)10-15-18(23)20-13-6-3-4-7-14(13)26-15/h3-4,6-7,12,15H,5,8-11H2,1-2H3,(H,19,21)(H,20,23)/t15-/m0/s1. The van der Waals surface area contributed by atoms with Crippen LogP contribution in [0.3, 0.4) is 0 Å². The fourth-order valence-electron chi connectivity index (χ4n) is 2.25. The van der Waals surface area contributed by atoms with Gasteiger partial charge in [0.05, 0.1) is 23.5 Å². The molecule has 0 saturated heterocycles. The third kappa shape index (κ3) is 6.68. The van der Waals surface area contributed by atoms with Crippen LogP contribution in [-0.2, 0) is 23.9 Å².